The van der Waals surface area contributed by atoms with Crippen LogP contribution in [0, 0.1) is 0 Å². The predicted octanol–water partition coefficient (Wildman–Crippen LogP) is 5.03. The Morgan fingerprint density at radius 2 is 2.00 bits per heavy atom. The smallest absolute Gasteiger partial charge is 0.251 e. The van der Waals surface area contributed by atoms with Crippen LogP contribution in [0.5, 0.6) is 0 Å². The summed E-state index contributed by atoms with van der Waals surface area (Å²) in [6, 6.07) is 5.75. The number of nitrogens with zero attached hydrogens (tertiary/aromatic N) is 7. The van der Waals surface area contributed by atoms with Gasteiger partial charge in [0, 0.05) is 49.7 Å². The van der Waals surface area contributed by atoms with Gasteiger partial charge in [-0.3, -0.25) is 4.68 Å². The minimum absolute atomic E-state index is 0.421. The number of aryl methyl sites for hydroxylation is 2. The predicted molar refractivity (Wildman–Crippen MR) is 124 cm³/mol. The van der Waals surface area contributed by atoms with Crippen LogP contribution in [0.15, 0.2) is 36.8 Å². The van der Waals surface area contributed by atoms with E-state index in [1.54, 1.807) is 17.1 Å². The molecule has 6 rings (SSSR count). The minimum atomic E-state index is -2.44. The van der Waals surface area contributed by atoms with E-state index >= 15 is 0 Å². The van der Waals surface area contributed by atoms with Crippen LogP contribution in [-0.4, -0.2) is 40.5 Å². The highest BCUT2D eigenvalue weighted by atomic mass is 35.5. The molecule has 34 heavy (non-hydrogen) atoms. The Balaban J connectivity index is 1.39. The lowest BCUT2D eigenvalue weighted by atomic mass is 9.68. The molecule has 1 N–H and O–H groups in total. The van der Waals surface area contributed by atoms with Gasteiger partial charge in [-0.05, 0) is 31.4 Å². The molecular weight excluding hydrogens is 462 g/mol. The number of aromatic nitrogens is 7. The summed E-state index contributed by atoms with van der Waals surface area (Å²) < 4.78 is 33.8. The molecule has 0 spiro atoms. The van der Waals surface area contributed by atoms with Gasteiger partial charge in [0.05, 0.1) is 22.3 Å². The number of pyridine rings is 1. The molecule has 0 aromatic carbocycles. The maximum Gasteiger partial charge on any atom is 0.251 e. The van der Waals surface area contributed by atoms with Crippen LogP contribution in [0.25, 0.3) is 22.6 Å². The second-order valence-electron chi connectivity index (χ2n) is 8.98. The molecule has 5 heterocycles. The first-order chi connectivity index (χ1) is 16.5. The van der Waals surface area contributed by atoms with E-state index in [0.717, 1.165) is 42.0 Å². The van der Waals surface area contributed by atoms with Gasteiger partial charge >= 0.3 is 0 Å². The molecule has 1 aliphatic heterocycles. The van der Waals surface area contributed by atoms with Crippen molar-refractivity contribution in [1.29, 1.82) is 0 Å². The van der Waals surface area contributed by atoms with Crippen molar-refractivity contribution >= 4 is 23.2 Å². The fourth-order valence-corrected chi connectivity index (χ4v) is 5.17. The number of rotatable bonds is 5. The Morgan fingerprint density at radius 1 is 1.15 bits per heavy atom. The van der Waals surface area contributed by atoms with Gasteiger partial charge in [0.2, 0.25) is 0 Å². The molecule has 1 saturated carbocycles. The van der Waals surface area contributed by atoms with Crippen LogP contribution in [-0.2, 0) is 25.6 Å². The summed E-state index contributed by atoms with van der Waals surface area (Å²) in [5.74, 6) is 2.49. The van der Waals surface area contributed by atoms with Crippen molar-refractivity contribution in [2.75, 3.05) is 5.32 Å². The standard InChI is InChI=1S/C23H23ClF2N8/c1-32-19(4-7-28-32)29-18-11-15(16(24)12-27-18)14-10-17-20-30-31-22(23(21(25)26)5-2-6-23)34(20)9-3-8-33(17)13-14/h4,7,10-13,21H,2-3,5-6,8-9H2,1H3,(H,27,29). The van der Waals surface area contributed by atoms with E-state index in [1.807, 2.05) is 36.0 Å². The monoisotopic (exact) mass is 484 g/mol. The number of anilines is 2. The SMILES string of the molecule is Cn1nccc1Nc1cc(-c2cc3n(c2)CCCn2c-3nnc2C2(C(F)F)CCC2)c(Cl)cn1. The third kappa shape index (κ3) is 3.23. The Labute approximate surface area is 199 Å². The van der Waals surface area contributed by atoms with Gasteiger partial charge in [-0.1, -0.05) is 18.0 Å². The molecule has 4 aromatic rings. The lowest BCUT2D eigenvalue weighted by Crippen LogP contribution is -2.43. The summed E-state index contributed by atoms with van der Waals surface area (Å²) in [5, 5.41) is 16.6. The first-order valence-corrected chi connectivity index (χ1v) is 11.7. The summed E-state index contributed by atoms with van der Waals surface area (Å²) in [4.78, 5) is 4.39. The maximum atomic E-state index is 14.0. The third-order valence-electron chi connectivity index (χ3n) is 7.01. The van der Waals surface area contributed by atoms with Crippen LogP contribution in [0.1, 0.15) is 31.5 Å². The first-order valence-electron chi connectivity index (χ1n) is 11.3. The minimum Gasteiger partial charge on any atom is -0.344 e. The molecule has 1 aliphatic carbocycles. The molecule has 11 heteroatoms. The average Bonchev–Trinajstić information content (AvgIpc) is 3.46. The molecule has 0 atom stereocenters. The highest BCUT2D eigenvalue weighted by Gasteiger charge is 2.51. The summed E-state index contributed by atoms with van der Waals surface area (Å²) in [6.45, 7) is 1.38. The summed E-state index contributed by atoms with van der Waals surface area (Å²) in [7, 11) is 1.84. The molecule has 2 aliphatic rings. The van der Waals surface area contributed by atoms with Crippen LogP contribution in [0.4, 0.5) is 20.4 Å². The third-order valence-corrected chi connectivity index (χ3v) is 7.31. The topological polar surface area (TPSA) is 78.4 Å². The summed E-state index contributed by atoms with van der Waals surface area (Å²) in [5.41, 5.74) is 1.40. The molecule has 0 amide bonds. The van der Waals surface area contributed by atoms with E-state index in [4.69, 9.17) is 11.6 Å². The molecule has 0 saturated heterocycles. The second-order valence-corrected chi connectivity index (χ2v) is 9.39. The van der Waals surface area contributed by atoms with Gasteiger partial charge in [-0.25, -0.2) is 13.8 Å². The van der Waals surface area contributed by atoms with Gasteiger partial charge in [0.25, 0.3) is 6.43 Å². The van der Waals surface area contributed by atoms with Crippen molar-refractivity contribution in [1.82, 2.24) is 34.1 Å². The molecular formula is C23H23ClF2N8. The number of halogens is 3. The summed E-state index contributed by atoms with van der Waals surface area (Å²) >= 11 is 6.53. The van der Waals surface area contributed by atoms with E-state index < -0.39 is 11.8 Å². The van der Waals surface area contributed by atoms with Crippen molar-refractivity contribution in [3.63, 3.8) is 0 Å². The highest BCUT2D eigenvalue weighted by molar-refractivity contribution is 6.33. The van der Waals surface area contributed by atoms with Crippen molar-refractivity contribution in [2.45, 2.75) is 50.6 Å². The average molecular weight is 485 g/mol. The zero-order chi connectivity index (χ0) is 23.4. The van der Waals surface area contributed by atoms with Gasteiger partial charge in [-0.2, -0.15) is 5.10 Å². The zero-order valence-corrected chi connectivity index (χ0v) is 19.3. The van der Waals surface area contributed by atoms with Crippen molar-refractivity contribution < 1.29 is 8.78 Å². The summed E-state index contributed by atoms with van der Waals surface area (Å²) in [6.07, 6.45) is 5.40. The van der Waals surface area contributed by atoms with Crippen LogP contribution in [0.3, 0.4) is 0 Å². The zero-order valence-electron chi connectivity index (χ0n) is 18.5. The Bertz CT molecular complexity index is 1370. The molecule has 0 unspecified atom stereocenters. The van der Waals surface area contributed by atoms with E-state index in [9.17, 15) is 8.78 Å². The van der Waals surface area contributed by atoms with Crippen LogP contribution in [0.2, 0.25) is 5.02 Å². The maximum absolute atomic E-state index is 14.0. The van der Waals surface area contributed by atoms with Gasteiger partial charge in [-0.15, -0.1) is 10.2 Å². The van der Waals surface area contributed by atoms with E-state index in [0.29, 0.717) is 41.9 Å². The fourth-order valence-electron chi connectivity index (χ4n) is 4.96. The van der Waals surface area contributed by atoms with Gasteiger partial charge in [0.15, 0.2) is 5.82 Å². The molecule has 8 nitrogen and oxygen atoms in total. The van der Waals surface area contributed by atoms with Crippen LogP contribution < -0.4 is 5.32 Å². The number of alkyl halides is 2. The van der Waals surface area contributed by atoms with Crippen molar-refractivity contribution in [3.05, 3.63) is 47.6 Å². The van der Waals surface area contributed by atoms with E-state index in [-0.39, 0.29) is 0 Å². The van der Waals surface area contributed by atoms with Crippen molar-refractivity contribution in [2.24, 2.45) is 7.05 Å². The van der Waals surface area contributed by atoms with E-state index in [2.05, 4.69) is 30.2 Å². The first kappa shape index (κ1) is 21.3. The molecule has 0 radical (unpaired) electrons. The Kier molecular flexibility index (Phi) is 4.94. The van der Waals surface area contributed by atoms with E-state index in [1.165, 1.54) is 0 Å². The molecule has 0 bridgehead atoms. The second kappa shape index (κ2) is 7.90. The molecule has 176 valence electrons. The van der Waals surface area contributed by atoms with Gasteiger partial charge < -0.3 is 14.5 Å². The number of fused-ring (bicyclic) bond motifs is 3. The van der Waals surface area contributed by atoms with Crippen LogP contribution >= 0.6 is 11.6 Å². The molecule has 1 fully saturated rings. The molecule has 4 aromatic heterocycles. The lowest BCUT2D eigenvalue weighted by molar-refractivity contribution is -0.00701. The highest BCUT2D eigenvalue weighted by Crippen LogP contribution is 2.48. The number of nitrogens with one attached hydrogen (secondary N) is 1. The van der Waals surface area contributed by atoms with Gasteiger partial charge in [0.1, 0.15) is 17.5 Å². The Morgan fingerprint density at radius 3 is 2.71 bits per heavy atom. The van der Waals surface area contributed by atoms with Crippen molar-refractivity contribution in [3.8, 4) is 22.6 Å². The largest absolute Gasteiger partial charge is 0.344 e. The Hall–Kier alpha value is -3.27. The normalized spacial score (nSPS) is 16.6. The number of hydrogen-bond acceptors (Lipinski definition) is 5. The lowest BCUT2D eigenvalue weighted by Gasteiger charge is -2.40. The fraction of sp³-hybridized carbons (Fsp3) is 0.391. The quantitative estimate of drug-likeness (QED) is 0.430. The number of hydrogen-bond donors (Lipinski definition) is 1.